The number of thiocarbonyl (C=S) groups is 1. The number of fused-ring (bicyclic) bond motifs is 1. The Balaban J connectivity index is 2.52. The highest BCUT2D eigenvalue weighted by atomic mass is 32.2. The molecule has 1 heterocycles. The van der Waals surface area contributed by atoms with Crippen molar-refractivity contribution in [3.8, 4) is 0 Å². The van der Waals surface area contributed by atoms with Gasteiger partial charge in [-0.3, -0.25) is 4.79 Å². The lowest BCUT2D eigenvalue weighted by atomic mass is 9.91. The average molecular weight is 236 g/mol. The second-order valence-electron chi connectivity index (χ2n) is 3.65. The molecular formula is C12H12OS2. The molecule has 0 spiro atoms. The molecule has 1 unspecified atom stereocenters. The van der Waals surface area contributed by atoms with Crippen LogP contribution in [0.3, 0.4) is 0 Å². The Labute approximate surface area is 99.3 Å². The van der Waals surface area contributed by atoms with E-state index >= 15 is 0 Å². The number of Topliss-reactive ketones (excluding diaryl/α,β-unsaturated/α-hetero) is 1. The van der Waals surface area contributed by atoms with Crippen LogP contribution in [0.25, 0.3) is 0 Å². The van der Waals surface area contributed by atoms with Crippen molar-refractivity contribution < 1.29 is 4.79 Å². The summed E-state index contributed by atoms with van der Waals surface area (Å²) < 4.78 is 0. The molecule has 0 aliphatic carbocycles. The molecule has 1 nitrogen and oxygen atoms in total. The average Bonchev–Trinajstić information content (AvgIpc) is 2.35. The number of ketones is 1. The quantitative estimate of drug-likeness (QED) is 0.697. The number of carbonyl (C=O) groups excluding carboxylic acids is 1. The third kappa shape index (κ3) is 2.13. The van der Waals surface area contributed by atoms with E-state index in [-0.39, 0.29) is 11.7 Å². The summed E-state index contributed by atoms with van der Waals surface area (Å²) in [7, 11) is 0. The van der Waals surface area contributed by atoms with Gasteiger partial charge in [-0.25, -0.2) is 0 Å². The van der Waals surface area contributed by atoms with E-state index in [2.05, 4.69) is 6.07 Å². The second kappa shape index (κ2) is 4.45. The van der Waals surface area contributed by atoms with Crippen molar-refractivity contribution in [2.45, 2.75) is 24.2 Å². The summed E-state index contributed by atoms with van der Waals surface area (Å²) in [5.74, 6) is 0.987. The number of rotatable bonds is 1. The predicted molar refractivity (Wildman–Crippen MR) is 67.8 cm³/mol. The van der Waals surface area contributed by atoms with E-state index in [1.165, 1.54) is 4.90 Å². The minimum Gasteiger partial charge on any atom is -0.299 e. The first-order valence-electron chi connectivity index (χ1n) is 4.95. The van der Waals surface area contributed by atoms with Gasteiger partial charge in [0.15, 0.2) is 0 Å². The van der Waals surface area contributed by atoms with Gasteiger partial charge in [0.2, 0.25) is 0 Å². The molecule has 1 aromatic carbocycles. The van der Waals surface area contributed by atoms with E-state index in [1.807, 2.05) is 18.2 Å². The van der Waals surface area contributed by atoms with Crippen LogP contribution in [0.4, 0.5) is 0 Å². The molecule has 0 bridgehead atoms. The van der Waals surface area contributed by atoms with Crippen molar-refractivity contribution >= 4 is 34.6 Å². The van der Waals surface area contributed by atoms with Crippen LogP contribution in [-0.4, -0.2) is 16.4 Å². The zero-order valence-corrected chi connectivity index (χ0v) is 10.2. The van der Waals surface area contributed by atoms with Crippen molar-refractivity contribution in [2.24, 2.45) is 0 Å². The van der Waals surface area contributed by atoms with Crippen molar-refractivity contribution in [3.63, 3.8) is 0 Å². The monoisotopic (exact) mass is 236 g/mol. The Morgan fingerprint density at radius 1 is 1.47 bits per heavy atom. The molecule has 0 saturated heterocycles. The van der Waals surface area contributed by atoms with Crippen molar-refractivity contribution in [2.75, 3.05) is 5.75 Å². The van der Waals surface area contributed by atoms with Gasteiger partial charge < -0.3 is 0 Å². The normalized spacial score (nSPS) is 20.6. The van der Waals surface area contributed by atoms with Crippen molar-refractivity contribution in [3.05, 3.63) is 29.8 Å². The summed E-state index contributed by atoms with van der Waals surface area (Å²) in [4.78, 5) is 13.7. The third-order valence-corrected chi connectivity index (χ3v) is 4.10. The van der Waals surface area contributed by atoms with Gasteiger partial charge in [-0.15, -0.1) is 11.8 Å². The molecule has 3 heteroatoms. The van der Waals surface area contributed by atoms with Crippen molar-refractivity contribution in [1.29, 1.82) is 0 Å². The number of thioether (sulfide) groups is 1. The molecule has 15 heavy (non-hydrogen) atoms. The van der Waals surface area contributed by atoms with Gasteiger partial charge in [0.25, 0.3) is 0 Å². The van der Waals surface area contributed by atoms with Gasteiger partial charge in [-0.05, 0) is 25.0 Å². The zero-order chi connectivity index (χ0) is 10.8. The molecule has 1 aliphatic rings. The maximum absolute atomic E-state index is 11.6. The third-order valence-electron chi connectivity index (χ3n) is 2.56. The first-order valence-corrected chi connectivity index (χ1v) is 6.34. The van der Waals surface area contributed by atoms with Gasteiger partial charge in [-0.2, -0.15) is 0 Å². The summed E-state index contributed by atoms with van der Waals surface area (Å²) in [6, 6.07) is 8.08. The molecule has 0 fully saturated rings. The fraction of sp³-hybridized carbons (Fsp3) is 0.333. The summed E-state index contributed by atoms with van der Waals surface area (Å²) in [6.45, 7) is 1.63. The Morgan fingerprint density at radius 2 is 2.20 bits per heavy atom. The molecule has 1 atom stereocenters. The molecular weight excluding hydrogens is 224 g/mol. The highest BCUT2D eigenvalue weighted by molar-refractivity contribution is 7.99. The van der Waals surface area contributed by atoms with E-state index < -0.39 is 0 Å². The van der Waals surface area contributed by atoms with Crippen LogP contribution in [0.5, 0.6) is 0 Å². The molecule has 0 aromatic heterocycles. The van der Waals surface area contributed by atoms with Gasteiger partial charge in [0, 0.05) is 15.5 Å². The van der Waals surface area contributed by atoms with E-state index in [0.29, 0.717) is 0 Å². The van der Waals surface area contributed by atoms with Crippen LogP contribution in [0, 0.1) is 0 Å². The van der Waals surface area contributed by atoms with E-state index in [1.54, 1.807) is 18.7 Å². The fourth-order valence-electron chi connectivity index (χ4n) is 1.88. The Morgan fingerprint density at radius 3 is 2.93 bits per heavy atom. The van der Waals surface area contributed by atoms with Gasteiger partial charge in [0.05, 0.1) is 5.92 Å². The first-order chi connectivity index (χ1) is 7.20. The van der Waals surface area contributed by atoms with Crippen LogP contribution >= 0.6 is 24.0 Å². The Kier molecular flexibility index (Phi) is 3.22. The van der Waals surface area contributed by atoms with Crippen LogP contribution in [-0.2, 0) is 4.79 Å². The Bertz CT molecular complexity index is 412. The molecule has 1 aromatic rings. The Hall–Kier alpha value is -0.670. The predicted octanol–water partition coefficient (Wildman–Crippen LogP) is 3.22. The van der Waals surface area contributed by atoms with Crippen LogP contribution in [0.1, 0.15) is 24.8 Å². The van der Waals surface area contributed by atoms with Crippen LogP contribution < -0.4 is 0 Å². The SMILES string of the molecule is CC(=O)C1C(=S)CCSc2ccccc21. The molecule has 78 valence electrons. The number of hydrogen-bond donors (Lipinski definition) is 0. The summed E-state index contributed by atoms with van der Waals surface area (Å²) in [5, 5.41) is 0. The van der Waals surface area contributed by atoms with E-state index in [0.717, 1.165) is 22.6 Å². The molecule has 0 saturated carbocycles. The van der Waals surface area contributed by atoms with Crippen LogP contribution in [0.2, 0.25) is 0 Å². The van der Waals surface area contributed by atoms with Crippen molar-refractivity contribution in [1.82, 2.24) is 0 Å². The smallest absolute Gasteiger partial charge is 0.142 e. The van der Waals surface area contributed by atoms with Crippen LogP contribution in [0.15, 0.2) is 29.2 Å². The zero-order valence-electron chi connectivity index (χ0n) is 8.53. The number of carbonyl (C=O) groups is 1. The standard InChI is InChI=1S/C12H12OS2/c1-8(13)12-9-4-2-3-5-11(9)15-7-6-10(12)14/h2-5,12H,6-7H2,1H3. The maximum Gasteiger partial charge on any atom is 0.142 e. The first kappa shape index (κ1) is 10.8. The lowest BCUT2D eigenvalue weighted by Crippen LogP contribution is -2.17. The molecule has 1 aliphatic heterocycles. The summed E-state index contributed by atoms with van der Waals surface area (Å²) >= 11 is 7.13. The topological polar surface area (TPSA) is 17.1 Å². The van der Waals surface area contributed by atoms with Gasteiger partial charge in [0.1, 0.15) is 5.78 Å². The van der Waals surface area contributed by atoms with Gasteiger partial charge in [-0.1, -0.05) is 30.4 Å². The largest absolute Gasteiger partial charge is 0.299 e. The molecule has 0 amide bonds. The molecule has 2 rings (SSSR count). The summed E-state index contributed by atoms with van der Waals surface area (Å²) in [5.41, 5.74) is 1.09. The summed E-state index contributed by atoms with van der Waals surface area (Å²) in [6.07, 6.45) is 0.860. The van der Waals surface area contributed by atoms with E-state index in [9.17, 15) is 4.79 Å². The number of hydrogen-bond acceptors (Lipinski definition) is 3. The maximum atomic E-state index is 11.6. The van der Waals surface area contributed by atoms with Gasteiger partial charge >= 0.3 is 0 Å². The lowest BCUT2D eigenvalue weighted by molar-refractivity contribution is -0.117. The minimum atomic E-state index is -0.161. The lowest BCUT2D eigenvalue weighted by Gasteiger charge is -2.14. The van der Waals surface area contributed by atoms with E-state index in [4.69, 9.17) is 12.2 Å². The highest BCUT2D eigenvalue weighted by Gasteiger charge is 2.26. The highest BCUT2D eigenvalue weighted by Crippen LogP contribution is 2.35. The number of benzene rings is 1. The molecule has 0 N–H and O–H groups in total. The minimum absolute atomic E-state index is 0.161. The second-order valence-corrected chi connectivity index (χ2v) is 5.31. The fourth-order valence-corrected chi connectivity index (χ4v) is 3.47. The molecule has 0 radical (unpaired) electrons.